The van der Waals surface area contributed by atoms with Gasteiger partial charge in [-0.1, -0.05) is 67.8 Å². The molecule has 0 aliphatic carbocycles. The molecule has 3 heteroatoms. The van der Waals surface area contributed by atoms with E-state index in [2.05, 4.69) is 38.8 Å². The van der Waals surface area contributed by atoms with Crippen LogP contribution in [0.2, 0.25) is 0 Å². The molecule has 0 aromatic heterocycles. The van der Waals surface area contributed by atoms with Gasteiger partial charge in [0.05, 0.1) is 11.1 Å². The number of unbranched alkanes of at least 4 members (excludes halogenated alkanes) is 7. The first-order valence-electron chi connectivity index (χ1n) is 7.32. The Morgan fingerprint density at radius 2 is 1.53 bits per heavy atom. The molecule has 0 amide bonds. The second-order valence-corrected chi connectivity index (χ2v) is 6.67. The molecular formula is C16H24Br2O. The van der Waals surface area contributed by atoms with Crippen molar-refractivity contribution in [3.63, 3.8) is 0 Å². The van der Waals surface area contributed by atoms with E-state index >= 15 is 0 Å². The molecule has 1 aromatic carbocycles. The maximum absolute atomic E-state index is 5.77. The van der Waals surface area contributed by atoms with Gasteiger partial charge in [0.15, 0.2) is 0 Å². The first-order valence-corrected chi connectivity index (χ1v) is 8.90. The number of benzene rings is 1. The average Bonchev–Trinajstić information content (AvgIpc) is 2.39. The van der Waals surface area contributed by atoms with Crippen LogP contribution in [-0.2, 0) is 0 Å². The summed E-state index contributed by atoms with van der Waals surface area (Å²) in [7, 11) is 0. The summed E-state index contributed by atoms with van der Waals surface area (Å²) < 4.78 is 7.85. The lowest BCUT2D eigenvalue weighted by molar-refractivity contribution is 0.302. The molecule has 0 unspecified atom stereocenters. The van der Waals surface area contributed by atoms with Gasteiger partial charge in [0.1, 0.15) is 5.75 Å². The Hall–Kier alpha value is -0.0200. The van der Waals surface area contributed by atoms with Gasteiger partial charge in [0.2, 0.25) is 0 Å². The minimum absolute atomic E-state index is 0.815. The second kappa shape index (κ2) is 10.7. The van der Waals surface area contributed by atoms with E-state index in [-0.39, 0.29) is 0 Å². The molecule has 0 N–H and O–H groups in total. The van der Waals surface area contributed by atoms with E-state index in [4.69, 9.17) is 4.74 Å². The topological polar surface area (TPSA) is 9.23 Å². The fraction of sp³-hybridized carbons (Fsp3) is 0.625. The predicted molar refractivity (Wildman–Crippen MR) is 89.9 cm³/mol. The Labute approximate surface area is 134 Å². The molecule has 1 rings (SSSR count). The van der Waals surface area contributed by atoms with Gasteiger partial charge < -0.3 is 4.74 Å². The van der Waals surface area contributed by atoms with Crippen LogP contribution in [0.4, 0.5) is 0 Å². The highest BCUT2D eigenvalue weighted by atomic mass is 79.9. The van der Waals surface area contributed by atoms with Crippen LogP contribution in [0.5, 0.6) is 5.75 Å². The molecule has 0 atom stereocenters. The fourth-order valence-corrected chi connectivity index (χ4v) is 3.17. The van der Waals surface area contributed by atoms with Crippen molar-refractivity contribution in [2.45, 2.75) is 58.3 Å². The van der Waals surface area contributed by atoms with Crippen LogP contribution >= 0.6 is 31.9 Å². The summed E-state index contributed by atoms with van der Waals surface area (Å²) in [4.78, 5) is 0. The van der Waals surface area contributed by atoms with Gasteiger partial charge >= 0.3 is 0 Å². The minimum atomic E-state index is 0.815. The zero-order valence-corrected chi connectivity index (χ0v) is 14.9. The van der Waals surface area contributed by atoms with Crippen molar-refractivity contribution in [3.05, 3.63) is 27.1 Å². The predicted octanol–water partition coefficient (Wildman–Crippen LogP) is 6.73. The van der Waals surface area contributed by atoms with E-state index in [1.807, 2.05) is 18.2 Å². The number of hydrogen-bond acceptors (Lipinski definition) is 1. The smallest absolute Gasteiger partial charge is 0.133 e. The number of ether oxygens (including phenoxy) is 1. The summed E-state index contributed by atoms with van der Waals surface area (Å²) in [5.74, 6) is 0.936. The van der Waals surface area contributed by atoms with E-state index in [1.54, 1.807) is 0 Å². The molecular weight excluding hydrogens is 368 g/mol. The summed E-state index contributed by atoms with van der Waals surface area (Å²) in [6.07, 6.45) is 10.7. The van der Waals surface area contributed by atoms with Gasteiger partial charge in [-0.05, 0) is 40.5 Å². The Balaban J connectivity index is 2.01. The maximum atomic E-state index is 5.77. The van der Waals surface area contributed by atoms with Crippen molar-refractivity contribution in [2.24, 2.45) is 0 Å². The molecule has 0 fully saturated rings. The van der Waals surface area contributed by atoms with Crippen molar-refractivity contribution in [1.29, 1.82) is 0 Å². The van der Waals surface area contributed by atoms with Crippen LogP contribution < -0.4 is 4.74 Å². The van der Waals surface area contributed by atoms with Crippen LogP contribution in [0.15, 0.2) is 27.1 Å². The molecule has 0 radical (unpaired) electrons. The third-order valence-corrected chi connectivity index (χ3v) is 4.26. The molecule has 0 spiro atoms. The highest BCUT2D eigenvalue weighted by Crippen LogP contribution is 2.28. The monoisotopic (exact) mass is 390 g/mol. The molecule has 1 nitrogen and oxygen atoms in total. The van der Waals surface area contributed by atoms with E-state index in [9.17, 15) is 0 Å². The molecule has 108 valence electrons. The third kappa shape index (κ3) is 7.98. The highest BCUT2D eigenvalue weighted by molar-refractivity contribution is 9.11. The summed E-state index contributed by atoms with van der Waals surface area (Å²) in [6.45, 7) is 3.08. The molecule has 0 aliphatic rings. The molecule has 19 heavy (non-hydrogen) atoms. The summed E-state index contributed by atoms with van der Waals surface area (Å²) in [6, 6.07) is 6.02. The van der Waals surface area contributed by atoms with Gasteiger partial charge in [0.25, 0.3) is 0 Å². The van der Waals surface area contributed by atoms with Crippen molar-refractivity contribution in [1.82, 2.24) is 0 Å². The van der Waals surface area contributed by atoms with Crippen LogP contribution in [0, 0.1) is 0 Å². The minimum Gasteiger partial charge on any atom is -0.492 e. The van der Waals surface area contributed by atoms with Crippen molar-refractivity contribution in [2.75, 3.05) is 6.61 Å². The SMILES string of the molecule is CCCCCCCCCCOc1ccc(Br)cc1Br. The molecule has 0 aliphatic heterocycles. The number of hydrogen-bond donors (Lipinski definition) is 0. The average molecular weight is 392 g/mol. The molecule has 0 saturated carbocycles. The zero-order valence-electron chi connectivity index (χ0n) is 11.8. The van der Waals surface area contributed by atoms with Crippen LogP contribution in [0.3, 0.4) is 0 Å². The van der Waals surface area contributed by atoms with Crippen LogP contribution in [0.1, 0.15) is 58.3 Å². The van der Waals surface area contributed by atoms with Crippen LogP contribution in [-0.4, -0.2) is 6.61 Å². The van der Waals surface area contributed by atoms with Crippen LogP contribution in [0.25, 0.3) is 0 Å². The van der Waals surface area contributed by atoms with Crippen molar-refractivity contribution < 1.29 is 4.74 Å². The largest absolute Gasteiger partial charge is 0.492 e. The van der Waals surface area contributed by atoms with Gasteiger partial charge in [-0.25, -0.2) is 0 Å². The molecule has 0 saturated heterocycles. The number of rotatable bonds is 10. The lowest BCUT2D eigenvalue weighted by atomic mass is 10.1. The van der Waals surface area contributed by atoms with E-state index in [0.29, 0.717) is 0 Å². The Bertz CT molecular complexity index is 353. The van der Waals surface area contributed by atoms with Gasteiger partial charge in [-0.2, -0.15) is 0 Å². The van der Waals surface area contributed by atoms with Gasteiger partial charge in [-0.15, -0.1) is 0 Å². The third-order valence-electron chi connectivity index (χ3n) is 3.15. The Kier molecular flexibility index (Phi) is 9.62. The normalized spacial score (nSPS) is 10.7. The van der Waals surface area contributed by atoms with E-state index < -0.39 is 0 Å². The quantitative estimate of drug-likeness (QED) is 0.401. The van der Waals surface area contributed by atoms with E-state index in [1.165, 1.54) is 44.9 Å². The van der Waals surface area contributed by atoms with Gasteiger partial charge in [-0.3, -0.25) is 0 Å². The maximum Gasteiger partial charge on any atom is 0.133 e. The fourth-order valence-electron chi connectivity index (χ4n) is 2.01. The lowest BCUT2D eigenvalue weighted by Gasteiger charge is -2.08. The Morgan fingerprint density at radius 3 is 2.16 bits per heavy atom. The Morgan fingerprint density at radius 1 is 0.895 bits per heavy atom. The highest BCUT2D eigenvalue weighted by Gasteiger charge is 2.01. The molecule has 0 bridgehead atoms. The van der Waals surface area contributed by atoms with E-state index in [0.717, 1.165) is 27.7 Å². The molecule has 1 aromatic rings. The number of halogens is 2. The second-order valence-electron chi connectivity index (χ2n) is 4.90. The van der Waals surface area contributed by atoms with Crippen molar-refractivity contribution >= 4 is 31.9 Å². The first-order chi connectivity index (χ1) is 9.24. The standard InChI is InChI=1S/C16H24Br2O/c1-2-3-4-5-6-7-8-9-12-19-16-11-10-14(17)13-15(16)18/h10-11,13H,2-9,12H2,1H3. The van der Waals surface area contributed by atoms with Crippen molar-refractivity contribution in [3.8, 4) is 5.75 Å². The summed E-state index contributed by atoms with van der Waals surface area (Å²) in [5, 5.41) is 0. The summed E-state index contributed by atoms with van der Waals surface area (Å²) >= 11 is 6.95. The summed E-state index contributed by atoms with van der Waals surface area (Å²) in [5.41, 5.74) is 0. The first kappa shape index (κ1) is 17.0. The lowest BCUT2D eigenvalue weighted by Crippen LogP contribution is -1.97. The molecule has 0 heterocycles. The zero-order chi connectivity index (χ0) is 13.9. The van der Waals surface area contributed by atoms with Gasteiger partial charge in [0, 0.05) is 4.47 Å².